The van der Waals surface area contributed by atoms with E-state index < -0.39 is 5.60 Å². The van der Waals surface area contributed by atoms with E-state index in [0.717, 1.165) is 51.3 Å². The maximum absolute atomic E-state index is 10.1. The summed E-state index contributed by atoms with van der Waals surface area (Å²) in [6, 6.07) is 0. The van der Waals surface area contributed by atoms with Crippen molar-refractivity contribution in [1.29, 1.82) is 0 Å². The van der Waals surface area contributed by atoms with E-state index >= 15 is 0 Å². The molecule has 0 radical (unpaired) electrons. The predicted molar refractivity (Wildman–Crippen MR) is 71.7 cm³/mol. The molecular formula is C13H25N3O2. The Hall–Kier alpha value is -0.810. The zero-order valence-corrected chi connectivity index (χ0v) is 11.5. The largest absolute Gasteiger partial charge is 0.388 e. The molecule has 2 rings (SSSR count). The smallest absolute Gasteiger partial charge is 0.193 e. The van der Waals surface area contributed by atoms with Crippen LogP contribution < -0.4 is 5.32 Å². The minimum absolute atomic E-state index is 0.498. The molecular weight excluding hydrogens is 230 g/mol. The highest BCUT2D eigenvalue weighted by Crippen LogP contribution is 2.30. The molecule has 1 atom stereocenters. The third-order valence-corrected chi connectivity index (χ3v) is 4.06. The lowest BCUT2D eigenvalue weighted by Crippen LogP contribution is -2.51. The molecule has 1 unspecified atom stereocenters. The summed E-state index contributed by atoms with van der Waals surface area (Å²) in [5.74, 6) is 1.51. The van der Waals surface area contributed by atoms with E-state index in [4.69, 9.17) is 4.74 Å². The zero-order valence-electron chi connectivity index (χ0n) is 11.5. The number of aliphatic imine (C=N–C) groups is 1. The Bertz CT molecular complexity index is 303. The molecule has 2 fully saturated rings. The Morgan fingerprint density at radius 1 is 1.56 bits per heavy atom. The minimum atomic E-state index is -0.498. The number of ether oxygens (including phenoxy) is 1. The summed E-state index contributed by atoms with van der Waals surface area (Å²) in [5.41, 5.74) is -0.498. The summed E-state index contributed by atoms with van der Waals surface area (Å²) in [4.78, 5) is 6.56. The summed E-state index contributed by atoms with van der Waals surface area (Å²) in [7, 11) is 3.55. The van der Waals surface area contributed by atoms with E-state index in [0.29, 0.717) is 12.5 Å². The Balaban J connectivity index is 1.79. The molecule has 1 heterocycles. The number of nitrogens with zero attached hydrogens (tertiary/aromatic N) is 2. The molecule has 5 nitrogen and oxygen atoms in total. The fraction of sp³-hybridized carbons (Fsp3) is 0.923. The lowest BCUT2D eigenvalue weighted by molar-refractivity contribution is -0.0282. The van der Waals surface area contributed by atoms with Crippen LogP contribution in [0.2, 0.25) is 0 Å². The summed E-state index contributed by atoms with van der Waals surface area (Å²) < 4.78 is 5.20. The van der Waals surface area contributed by atoms with Gasteiger partial charge >= 0.3 is 0 Å². The standard InChI is InChI=1S/C13H25N3O2/c1-14-12(15-10-13(17)5-3-6-13)16-7-4-11(8-16)9-18-2/h11,17H,3-10H2,1-2H3,(H,14,15). The van der Waals surface area contributed by atoms with Crippen molar-refractivity contribution in [3.63, 3.8) is 0 Å². The average Bonchev–Trinajstić information content (AvgIpc) is 2.77. The average molecular weight is 255 g/mol. The number of rotatable bonds is 4. The number of methoxy groups -OCH3 is 1. The highest BCUT2D eigenvalue weighted by atomic mass is 16.5. The molecule has 0 amide bonds. The lowest BCUT2D eigenvalue weighted by Gasteiger charge is -2.37. The first-order chi connectivity index (χ1) is 8.67. The first-order valence-corrected chi connectivity index (χ1v) is 6.84. The van der Waals surface area contributed by atoms with Crippen LogP contribution in [0.5, 0.6) is 0 Å². The van der Waals surface area contributed by atoms with Crippen molar-refractivity contribution in [2.45, 2.75) is 31.3 Å². The molecule has 18 heavy (non-hydrogen) atoms. The molecule has 1 aliphatic heterocycles. The second kappa shape index (κ2) is 5.89. The van der Waals surface area contributed by atoms with Crippen LogP contribution in [-0.2, 0) is 4.74 Å². The van der Waals surface area contributed by atoms with Gasteiger partial charge in [-0.05, 0) is 25.7 Å². The normalized spacial score (nSPS) is 27.2. The van der Waals surface area contributed by atoms with E-state index in [1.165, 1.54) is 0 Å². The predicted octanol–water partition coefficient (Wildman–Crippen LogP) is 0.445. The number of likely N-dealkylation sites (tertiary alicyclic amines) is 1. The van der Waals surface area contributed by atoms with Crippen LogP contribution in [0.25, 0.3) is 0 Å². The quantitative estimate of drug-likeness (QED) is 0.565. The van der Waals surface area contributed by atoms with Crippen molar-refractivity contribution in [2.24, 2.45) is 10.9 Å². The highest BCUT2D eigenvalue weighted by Gasteiger charge is 2.35. The van der Waals surface area contributed by atoms with E-state index in [1.54, 1.807) is 14.2 Å². The SMILES string of the molecule is CN=C(NCC1(O)CCC1)N1CCC(COC)C1. The maximum atomic E-state index is 10.1. The number of nitrogens with one attached hydrogen (secondary N) is 1. The van der Waals surface area contributed by atoms with Crippen LogP contribution in [0.15, 0.2) is 4.99 Å². The van der Waals surface area contributed by atoms with Gasteiger partial charge in [-0.25, -0.2) is 0 Å². The number of aliphatic hydroxyl groups is 1. The molecule has 5 heteroatoms. The van der Waals surface area contributed by atoms with Gasteiger partial charge in [0.1, 0.15) is 0 Å². The first-order valence-electron chi connectivity index (χ1n) is 6.84. The van der Waals surface area contributed by atoms with Gasteiger partial charge in [-0.2, -0.15) is 0 Å². The minimum Gasteiger partial charge on any atom is -0.388 e. The van der Waals surface area contributed by atoms with Crippen molar-refractivity contribution in [3.05, 3.63) is 0 Å². The van der Waals surface area contributed by atoms with Gasteiger partial charge in [0.05, 0.1) is 12.2 Å². The highest BCUT2D eigenvalue weighted by molar-refractivity contribution is 5.80. The van der Waals surface area contributed by atoms with Gasteiger partial charge in [-0.15, -0.1) is 0 Å². The van der Waals surface area contributed by atoms with Crippen LogP contribution in [0.3, 0.4) is 0 Å². The van der Waals surface area contributed by atoms with Gasteiger partial charge in [0.15, 0.2) is 5.96 Å². The van der Waals surface area contributed by atoms with E-state index in [-0.39, 0.29) is 0 Å². The van der Waals surface area contributed by atoms with E-state index in [9.17, 15) is 5.11 Å². The van der Waals surface area contributed by atoms with Crippen LogP contribution >= 0.6 is 0 Å². The molecule has 1 aliphatic carbocycles. The summed E-state index contributed by atoms with van der Waals surface area (Å²) >= 11 is 0. The summed E-state index contributed by atoms with van der Waals surface area (Å²) in [6.45, 7) is 3.45. The van der Waals surface area contributed by atoms with Crippen LogP contribution in [0.1, 0.15) is 25.7 Å². The third kappa shape index (κ3) is 3.14. The Morgan fingerprint density at radius 2 is 2.33 bits per heavy atom. The molecule has 2 aliphatic rings. The topological polar surface area (TPSA) is 57.1 Å². The van der Waals surface area contributed by atoms with Crippen molar-refractivity contribution in [1.82, 2.24) is 10.2 Å². The van der Waals surface area contributed by atoms with Gasteiger partial charge in [0, 0.05) is 39.7 Å². The summed E-state index contributed by atoms with van der Waals surface area (Å²) in [6.07, 6.45) is 4.10. The van der Waals surface area contributed by atoms with E-state index in [1.807, 2.05) is 0 Å². The molecule has 0 spiro atoms. The lowest BCUT2D eigenvalue weighted by atomic mass is 9.80. The molecule has 2 N–H and O–H groups in total. The Kier molecular flexibility index (Phi) is 4.45. The number of guanidine groups is 1. The van der Waals surface area contributed by atoms with Gasteiger partial charge in [0.25, 0.3) is 0 Å². The molecule has 104 valence electrons. The molecule has 0 bridgehead atoms. The fourth-order valence-electron chi connectivity index (χ4n) is 2.73. The zero-order chi connectivity index (χ0) is 13.0. The number of hydrogen-bond donors (Lipinski definition) is 2. The molecule has 0 aromatic rings. The van der Waals surface area contributed by atoms with Crippen LogP contribution in [0.4, 0.5) is 0 Å². The Labute approximate surface area is 109 Å². The number of hydrogen-bond acceptors (Lipinski definition) is 3. The van der Waals surface area contributed by atoms with Crippen LogP contribution in [-0.4, -0.2) is 62.0 Å². The first kappa shape index (κ1) is 13.6. The van der Waals surface area contributed by atoms with Crippen molar-refractivity contribution >= 4 is 5.96 Å². The monoisotopic (exact) mass is 255 g/mol. The van der Waals surface area contributed by atoms with Crippen molar-refractivity contribution in [3.8, 4) is 0 Å². The van der Waals surface area contributed by atoms with Gasteiger partial charge < -0.3 is 20.1 Å². The second-order valence-electron chi connectivity index (χ2n) is 5.53. The van der Waals surface area contributed by atoms with Crippen LogP contribution in [0, 0.1) is 5.92 Å². The van der Waals surface area contributed by atoms with Gasteiger partial charge in [-0.1, -0.05) is 0 Å². The fourth-order valence-corrected chi connectivity index (χ4v) is 2.73. The molecule has 1 saturated carbocycles. The third-order valence-electron chi connectivity index (χ3n) is 4.06. The van der Waals surface area contributed by atoms with Crippen molar-refractivity contribution in [2.75, 3.05) is 40.4 Å². The second-order valence-corrected chi connectivity index (χ2v) is 5.53. The maximum Gasteiger partial charge on any atom is 0.193 e. The molecule has 0 aromatic carbocycles. The molecule has 1 saturated heterocycles. The van der Waals surface area contributed by atoms with Gasteiger partial charge in [0.2, 0.25) is 0 Å². The van der Waals surface area contributed by atoms with E-state index in [2.05, 4.69) is 15.2 Å². The Morgan fingerprint density at radius 3 is 2.89 bits per heavy atom. The van der Waals surface area contributed by atoms with Gasteiger partial charge in [-0.3, -0.25) is 4.99 Å². The summed E-state index contributed by atoms with van der Waals surface area (Å²) in [5, 5.41) is 13.4. The van der Waals surface area contributed by atoms with Crippen molar-refractivity contribution < 1.29 is 9.84 Å². The molecule has 0 aromatic heterocycles.